The van der Waals surface area contributed by atoms with Crippen LogP contribution in [-0.4, -0.2) is 22.4 Å². The van der Waals surface area contributed by atoms with E-state index in [0.717, 1.165) is 11.3 Å². The third-order valence-corrected chi connectivity index (χ3v) is 4.73. The first-order valence-corrected chi connectivity index (χ1v) is 9.32. The van der Waals surface area contributed by atoms with Gasteiger partial charge in [-0.05, 0) is 11.6 Å². The highest BCUT2D eigenvalue weighted by molar-refractivity contribution is 7.14. The average Bonchev–Trinajstić information content (AvgIpc) is 3.21. The van der Waals surface area contributed by atoms with E-state index >= 15 is 0 Å². The van der Waals surface area contributed by atoms with Gasteiger partial charge in [-0.2, -0.15) is 0 Å². The summed E-state index contributed by atoms with van der Waals surface area (Å²) in [5, 5.41) is 13.3. The second kappa shape index (κ2) is 8.88. The number of nitrogens with zero attached hydrogens (tertiary/aromatic N) is 3. The van der Waals surface area contributed by atoms with Crippen LogP contribution in [0.4, 0.5) is 10.8 Å². The van der Waals surface area contributed by atoms with Crippen LogP contribution >= 0.6 is 11.3 Å². The Morgan fingerprint density at radius 3 is 2.71 bits per heavy atom. The Morgan fingerprint density at radius 2 is 2.00 bits per heavy atom. The van der Waals surface area contributed by atoms with Gasteiger partial charge in [0.15, 0.2) is 5.13 Å². The van der Waals surface area contributed by atoms with E-state index in [2.05, 4.69) is 11.6 Å². The van der Waals surface area contributed by atoms with Crippen LogP contribution in [0, 0.1) is 10.1 Å². The maximum atomic E-state index is 12.7. The van der Waals surface area contributed by atoms with Crippen molar-refractivity contribution in [1.29, 1.82) is 0 Å². The molecule has 0 spiro atoms. The fourth-order valence-corrected chi connectivity index (χ4v) is 3.37. The van der Waals surface area contributed by atoms with Crippen molar-refractivity contribution in [3.05, 3.63) is 94.4 Å². The second-order valence-electron chi connectivity index (χ2n) is 5.80. The van der Waals surface area contributed by atoms with Crippen LogP contribution in [0.3, 0.4) is 0 Å². The molecule has 0 aliphatic heterocycles. The van der Waals surface area contributed by atoms with E-state index in [4.69, 9.17) is 0 Å². The molecule has 1 heterocycles. The fourth-order valence-electron chi connectivity index (χ4n) is 2.52. The zero-order chi connectivity index (χ0) is 19.9. The van der Waals surface area contributed by atoms with Gasteiger partial charge in [-0.3, -0.25) is 19.8 Å². The van der Waals surface area contributed by atoms with Crippen LogP contribution in [0.5, 0.6) is 0 Å². The minimum atomic E-state index is -0.468. The van der Waals surface area contributed by atoms with Gasteiger partial charge in [-0.25, -0.2) is 4.98 Å². The predicted molar refractivity (Wildman–Crippen MR) is 112 cm³/mol. The summed E-state index contributed by atoms with van der Waals surface area (Å²) in [6.07, 6.45) is 4.56. The van der Waals surface area contributed by atoms with E-state index in [1.54, 1.807) is 24.3 Å². The number of aromatic nitrogens is 1. The van der Waals surface area contributed by atoms with Crippen molar-refractivity contribution in [2.75, 3.05) is 11.4 Å². The lowest BCUT2D eigenvalue weighted by molar-refractivity contribution is -0.384. The quantitative estimate of drug-likeness (QED) is 0.247. The van der Waals surface area contributed by atoms with Gasteiger partial charge in [0.1, 0.15) is 0 Å². The molecule has 0 aliphatic carbocycles. The number of amides is 1. The molecule has 0 atom stereocenters. The molecule has 3 rings (SSSR count). The summed E-state index contributed by atoms with van der Waals surface area (Å²) < 4.78 is 0. The number of carbonyl (C=O) groups excluding carboxylic acids is 1. The first-order chi connectivity index (χ1) is 13.6. The number of nitro benzene ring substituents is 1. The molecule has 2 aromatic carbocycles. The van der Waals surface area contributed by atoms with Crippen molar-refractivity contribution in [3.8, 4) is 11.3 Å². The van der Waals surface area contributed by atoms with Crippen LogP contribution in [-0.2, 0) is 4.79 Å². The molecule has 0 unspecified atom stereocenters. The standard InChI is InChI=1S/C21H17N3O3S/c1-2-13-23(21-22-19(15-28-21)17-8-4-3-5-9-17)20(25)12-11-16-7-6-10-18(14-16)24(26)27/h2-12,14-15H,1,13H2. The van der Waals surface area contributed by atoms with E-state index in [1.807, 2.05) is 35.7 Å². The molecule has 0 bridgehead atoms. The Morgan fingerprint density at radius 1 is 1.21 bits per heavy atom. The molecule has 0 saturated heterocycles. The van der Waals surface area contributed by atoms with Gasteiger partial charge in [0, 0.05) is 35.7 Å². The number of benzene rings is 2. The van der Waals surface area contributed by atoms with E-state index in [1.165, 1.54) is 34.4 Å². The normalized spacial score (nSPS) is 10.7. The lowest BCUT2D eigenvalue weighted by atomic mass is 10.2. The summed E-state index contributed by atoms with van der Waals surface area (Å²) in [6.45, 7) is 4.01. The largest absolute Gasteiger partial charge is 0.281 e. The minimum absolute atomic E-state index is 0.0232. The first kappa shape index (κ1) is 19.2. The molecule has 3 aromatic rings. The zero-order valence-corrected chi connectivity index (χ0v) is 15.7. The fraction of sp³-hybridized carbons (Fsp3) is 0.0476. The zero-order valence-electron chi connectivity index (χ0n) is 14.9. The molecule has 6 nitrogen and oxygen atoms in total. The number of hydrogen-bond acceptors (Lipinski definition) is 5. The van der Waals surface area contributed by atoms with Crippen LogP contribution in [0.1, 0.15) is 5.56 Å². The highest BCUT2D eigenvalue weighted by atomic mass is 32.1. The van der Waals surface area contributed by atoms with Gasteiger partial charge >= 0.3 is 0 Å². The van der Waals surface area contributed by atoms with Gasteiger partial charge in [-0.15, -0.1) is 17.9 Å². The van der Waals surface area contributed by atoms with Gasteiger partial charge in [0.25, 0.3) is 11.6 Å². The molecule has 0 radical (unpaired) electrons. The third kappa shape index (κ3) is 4.57. The summed E-state index contributed by atoms with van der Waals surface area (Å²) in [5.41, 5.74) is 2.32. The molecule has 1 aromatic heterocycles. The number of anilines is 1. The maximum Gasteiger partial charge on any atom is 0.270 e. The van der Waals surface area contributed by atoms with Gasteiger partial charge in [0.05, 0.1) is 10.6 Å². The molecule has 0 fully saturated rings. The van der Waals surface area contributed by atoms with Crippen molar-refractivity contribution in [3.63, 3.8) is 0 Å². The van der Waals surface area contributed by atoms with Crippen LogP contribution in [0.2, 0.25) is 0 Å². The second-order valence-corrected chi connectivity index (χ2v) is 6.64. The highest BCUT2D eigenvalue weighted by Gasteiger charge is 2.16. The van der Waals surface area contributed by atoms with Crippen molar-refractivity contribution < 1.29 is 9.72 Å². The Balaban J connectivity index is 1.81. The molecule has 0 saturated carbocycles. The van der Waals surface area contributed by atoms with Crippen molar-refractivity contribution in [2.24, 2.45) is 0 Å². The number of thiazole rings is 1. The molecule has 0 N–H and O–H groups in total. The number of carbonyl (C=O) groups is 1. The third-order valence-electron chi connectivity index (χ3n) is 3.87. The van der Waals surface area contributed by atoms with E-state index in [-0.39, 0.29) is 11.6 Å². The molecule has 0 aliphatic rings. The smallest absolute Gasteiger partial charge is 0.270 e. The summed E-state index contributed by atoms with van der Waals surface area (Å²) in [6, 6.07) is 15.8. The topological polar surface area (TPSA) is 76.3 Å². The molecular formula is C21H17N3O3S. The minimum Gasteiger partial charge on any atom is -0.281 e. The number of hydrogen-bond donors (Lipinski definition) is 0. The Labute approximate surface area is 166 Å². The van der Waals surface area contributed by atoms with Gasteiger partial charge in [-0.1, -0.05) is 48.5 Å². The molecule has 140 valence electrons. The average molecular weight is 391 g/mol. The van der Waals surface area contributed by atoms with Crippen LogP contribution in [0.25, 0.3) is 17.3 Å². The lowest BCUT2D eigenvalue weighted by Gasteiger charge is -2.15. The van der Waals surface area contributed by atoms with E-state index in [9.17, 15) is 14.9 Å². The first-order valence-electron chi connectivity index (χ1n) is 8.44. The highest BCUT2D eigenvalue weighted by Crippen LogP contribution is 2.27. The van der Waals surface area contributed by atoms with Crippen molar-refractivity contribution >= 4 is 34.1 Å². The molecular weight excluding hydrogens is 374 g/mol. The molecule has 7 heteroatoms. The summed E-state index contributed by atoms with van der Waals surface area (Å²) in [7, 11) is 0. The summed E-state index contributed by atoms with van der Waals surface area (Å²) >= 11 is 1.37. The number of rotatable bonds is 7. The van der Waals surface area contributed by atoms with Crippen molar-refractivity contribution in [1.82, 2.24) is 4.98 Å². The lowest BCUT2D eigenvalue weighted by Crippen LogP contribution is -2.29. The van der Waals surface area contributed by atoms with Crippen LogP contribution < -0.4 is 4.90 Å². The SMILES string of the molecule is C=CCN(C(=O)C=Cc1cccc([N+](=O)[O-])c1)c1nc(-c2ccccc2)cs1. The Hall–Kier alpha value is -3.58. The number of non-ortho nitro benzene ring substituents is 1. The monoisotopic (exact) mass is 391 g/mol. The van der Waals surface area contributed by atoms with Crippen molar-refractivity contribution in [2.45, 2.75) is 0 Å². The van der Waals surface area contributed by atoms with Gasteiger partial charge in [0.2, 0.25) is 0 Å². The molecule has 1 amide bonds. The van der Waals surface area contributed by atoms with Gasteiger partial charge < -0.3 is 0 Å². The summed E-state index contributed by atoms with van der Waals surface area (Å²) in [5.74, 6) is -0.277. The summed E-state index contributed by atoms with van der Waals surface area (Å²) in [4.78, 5) is 29.2. The van der Waals surface area contributed by atoms with E-state index in [0.29, 0.717) is 17.2 Å². The van der Waals surface area contributed by atoms with Crippen LogP contribution in [0.15, 0.2) is 78.7 Å². The van der Waals surface area contributed by atoms with E-state index < -0.39 is 4.92 Å². The Bertz CT molecular complexity index is 1030. The Kier molecular flexibility index (Phi) is 6.08. The predicted octanol–water partition coefficient (Wildman–Crippen LogP) is 4.95. The maximum absolute atomic E-state index is 12.7. The number of nitro groups is 1. The molecule has 28 heavy (non-hydrogen) atoms.